The zero-order valence-corrected chi connectivity index (χ0v) is 18.3. The van der Waals surface area contributed by atoms with Crippen molar-refractivity contribution in [3.8, 4) is 0 Å². The van der Waals surface area contributed by atoms with Gasteiger partial charge in [-0.1, -0.05) is 0 Å². The fourth-order valence-corrected chi connectivity index (χ4v) is 3.35. The first kappa shape index (κ1) is 22.4. The van der Waals surface area contributed by atoms with E-state index in [0.717, 1.165) is 18.9 Å². The highest BCUT2D eigenvalue weighted by molar-refractivity contribution is 14.0. The molecule has 0 saturated heterocycles. The Kier molecular flexibility index (Phi) is 9.55. The van der Waals surface area contributed by atoms with Gasteiger partial charge in [0.05, 0.1) is 18.0 Å². The van der Waals surface area contributed by atoms with E-state index in [9.17, 15) is 10.1 Å². The number of hydrogen-bond acceptors (Lipinski definition) is 5. The molecule has 0 aliphatic rings. The second-order valence-corrected chi connectivity index (χ2v) is 7.11. The van der Waals surface area contributed by atoms with Gasteiger partial charge in [-0.3, -0.25) is 19.8 Å². The number of thiophene rings is 1. The Morgan fingerprint density at radius 3 is 2.85 bits per heavy atom. The van der Waals surface area contributed by atoms with Crippen molar-refractivity contribution in [3.63, 3.8) is 0 Å². The van der Waals surface area contributed by atoms with E-state index in [0.29, 0.717) is 13.1 Å². The minimum Gasteiger partial charge on any atom is -0.357 e. The fourth-order valence-electron chi connectivity index (χ4n) is 2.33. The van der Waals surface area contributed by atoms with Crippen molar-refractivity contribution >= 4 is 47.0 Å². The van der Waals surface area contributed by atoms with Crippen LogP contribution in [0.4, 0.5) is 5.69 Å². The van der Waals surface area contributed by atoms with Gasteiger partial charge in [0, 0.05) is 28.8 Å². The van der Waals surface area contributed by atoms with Crippen molar-refractivity contribution in [2.45, 2.75) is 39.8 Å². The molecule has 0 spiro atoms. The van der Waals surface area contributed by atoms with Crippen LogP contribution >= 0.6 is 35.3 Å². The molecular weight excluding hydrogens is 467 g/mol. The molecule has 0 aliphatic heterocycles. The van der Waals surface area contributed by atoms with Crippen molar-refractivity contribution in [3.05, 3.63) is 44.4 Å². The van der Waals surface area contributed by atoms with Crippen molar-refractivity contribution in [1.82, 2.24) is 20.4 Å². The van der Waals surface area contributed by atoms with Crippen LogP contribution in [-0.4, -0.2) is 39.8 Å². The van der Waals surface area contributed by atoms with Gasteiger partial charge in [-0.25, -0.2) is 0 Å². The second-order valence-electron chi connectivity index (χ2n) is 5.74. The minimum atomic E-state index is -0.452. The first-order valence-electron chi connectivity index (χ1n) is 8.25. The van der Waals surface area contributed by atoms with E-state index in [2.05, 4.69) is 46.7 Å². The maximum atomic E-state index is 10.7. The number of nitrogens with zero attached hydrogens (tertiary/aromatic N) is 4. The van der Waals surface area contributed by atoms with Crippen LogP contribution in [0.25, 0.3) is 0 Å². The maximum Gasteiger partial charge on any atom is 0.306 e. The van der Waals surface area contributed by atoms with E-state index in [-0.39, 0.29) is 35.7 Å². The molecule has 1 unspecified atom stereocenters. The number of aryl methyl sites for hydroxylation is 1. The van der Waals surface area contributed by atoms with E-state index >= 15 is 0 Å². The molecule has 0 saturated carbocycles. The summed E-state index contributed by atoms with van der Waals surface area (Å²) >= 11 is 1.81. The summed E-state index contributed by atoms with van der Waals surface area (Å²) in [6.07, 6.45) is 3.60. The quantitative estimate of drug-likeness (QED) is 0.194. The zero-order chi connectivity index (χ0) is 18.2. The molecule has 10 heteroatoms. The summed E-state index contributed by atoms with van der Waals surface area (Å²) in [6, 6.07) is 4.55. The molecule has 2 aromatic heterocycles. The van der Waals surface area contributed by atoms with E-state index in [1.807, 2.05) is 18.3 Å². The normalized spacial score (nSPS) is 12.3. The Morgan fingerprint density at radius 1 is 1.50 bits per heavy atom. The van der Waals surface area contributed by atoms with E-state index in [4.69, 9.17) is 0 Å². The topological polar surface area (TPSA) is 97.4 Å². The summed E-state index contributed by atoms with van der Waals surface area (Å²) in [5, 5.41) is 21.2. The lowest BCUT2D eigenvalue weighted by molar-refractivity contribution is -0.385. The predicted octanol–water partition coefficient (Wildman–Crippen LogP) is 2.97. The summed E-state index contributed by atoms with van der Waals surface area (Å²) in [4.78, 5) is 17.4. The molecule has 0 aliphatic carbocycles. The summed E-state index contributed by atoms with van der Waals surface area (Å²) in [5.74, 6) is 0.741. The number of nitro groups is 1. The van der Waals surface area contributed by atoms with Crippen molar-refractivity contribution < 1.29 is 4.92 Å². The highest BCUT2D eigenvalue weighted by atomic mass is 127. The highest BCUT2D eigenvalue weighted by Crippen LogP contribution is 2.16. The summed E-state index contributed by atoms with van der Waals surface area (Å²) in [5.41, 5.74) is -0.00567. The molecule has 1 atom stereocenters. The van der Waals surface area contributed by atoms with Crippen molar-refractivity contribution in [1.29, 1.82) is 0 Å². The zero-order valence-electron chi connectivity index (χ0n) is 15.1. The summed E-state index contributed by atoms with van der Waals surface area (Å²) < 4.78 is 1.53. The number of hydrogen-bond donors (Lipinski definition) is 2. The monoisotopic (exact) mass is 492 g/mol. The molecule has 26 heavy (non-hydrogen) atoms. The molecule has 2 heterocycles. The number of aliphatic imine (C=N–C) groups is 1. The Balaban J connectivity index is 0.00000338. The van der Waals surface area contributed by atoms with Crippen LogP contribution in [-0.2, 0) is 13.0 Å². The molecule has 0 fully saturated rings. The average Bonchev–Trinajstić information content (AvgIpc) is 3.16. The minimum absolute atomic E-state index is 0. The number of guanidine groups is 1. The molecule has 0 aromatic carbocycles. The van der Waals surface area contributed by atoms with E-state index in [1.54, 1.807) is 0 Å². The first-order valence-corrected chi connectivity index (χ1v) is 9.06. The smallest absolute Gasteiger partial charge is 0.306 e. The van der Waals surface area contributed by atoms with Crippen LogP contribution < -0.4 is 10.6 Å². The second kappa shape index (κ2) is 11.1. The van der Waals surface area contributed by atoms with Crippen LogP contribution in [0.3, 0.4) is 0 Å². The van der Waals surface area contributed by atoms with Gasteiger partial charge in [0.15, 0.2) is 5.96 Å². The predicted molar refractivity (Wildman–Crippen MR) is 116 cm³/mol. The van der Waals surface area contributed by atoms with Crippen LogP contribution in [0.2, 0.25) is 0 Å². The Morgan fingerprint density at radius 2 is 2.27 bits per heavy atom. The van der Waals surface area contributed by atoms with Gasteiger partial charge in [-0.05, 0) is 32.9 Å². The van der Waals surface area contributed by atoms with Crippen LogP contribution in [0.5, 0.6) is 0 Å². The lowest BCUT2D eigenvalue weighted by atomic mass is 10.2. The van der Waals surface area contributed by atoms with Gasteiger partial charge in [0.1, 0.15) is 12.4 Å². The van der Waals surface area contributed by atoms with Gasteiger partial charge in [0.25, 0.3) is 0 Å². The van der Waals surface area contributed by atoms with Gasteiger partial charge in [-0.15, -0.1) is 35.3 Å². The van der Waals surface area contributed by atoms with Gasteiger partial charge < -0.3 is 10.6 Å². The lowest BCUT2D eigenvalue weighted by Crippen LogP contribution is -2.43. The molecule has 2 rings (SSSR count). The molecule has 144 valence electrons. The van der Waals surface area contributed by atoms with Crippen LogP contribution in [0.1, 0.15) is 23.6 Å². The summed E-state index contributed by atoms with van der Waals surface area (Å²) in [7, 11) is 0. The van der Waals surface area contributed by atoms with Gasteiger partial charge in [0.2, 0.25) is 0 Å². The summed E-state index contributed by atoms with van der Waals surface area (Å²) in [6.45, 7) is 7.99. The van der Waals surface area contributed by atoms with Crippen LogP contribution in [0.15, 0.2) is 29.5 Å². The van der Waals surface area contributed by atoms with Crippen molar-refractivity contribution in [2.75, 3.05) is 13.1 Å². The number of nitrogens with one attached hydrogen (secondary N) is 2. The van der Waals surface area contributed by atoms with Crippen molar-refractivity contribution in [2.24, 2.45) is 4.99 Å². The third kappa shape index (κ3) is 7.28. The largest absolute Gasteiger partial charge is 0.357 e. The molecule has 2 aromatic rings. The first-order chi connectivity index (χ1) is 12.0. The molecule has 0 radical (unpaired) electrons. The third-order valence-corrected chi connectivity index (χ3v) is 4.48. The Bertz CT molecular complexity index is 730. The van der Waals surface area contributed by atoms with Gasteiger partial charge in [-0.2, -0.15) is 5.10 Å². The van der Waals surface area contributed by atoms with Gasteiger partial charge >= 0.3 is 5.69 Å². The molecule has 8 nitrogen and oxygen atoms in total. The lowest BCUT2D eigenvalue weighted by Gasteiger charge is -2.17. The Hall–Kier alpha value is -1.69. The van der Waals surface area contributed by atoms with E-state index in [1.165, 1.54) is 26.8 Å². The maximum absolute atomic E-state index is 10.7. The highest BCUT2D eigenvalue weighted by Gasteiger charge is 2.09. The number of rotatable bonds is 8. The third-order valence-electron chi connectivity index (χ3n) is 3.46. The fraction of sp³-hybridized carbons (Fsp3) is 0.500. The molecule has 0 bridgehead atoms. The van der Waals surface area contributed by atoms with Crippen LogP contribution in [0, 0.1) is 17.0 Å². The van der Waals surface area contributed by atoms with E-state index < -0.39 is 4.92 Å². The Labute approximate surface area is 174 Å². The molecule has 2 N–H and O–H groups in total. The molecular formula is C16H25IN6O2S. The standard InChI is InChI=1S/C16H24N6O2S.HI/c1-4-17-16(20-12(2)9-15-6-5-13(3)25-15)18-7-8-21-11-14(10-19-21)22(23)24;/h5-6,10-12H,4,7-9H2,1-3H3,(H2,17,18,20);1H. The SMILES string of the molecule is CCNC(=NCCn1cc([N+](=O)[O-])cn1)NC(C)Cc1ccc(C)s1.I. The average molecular weight is 492 g/mol. The number of aromatic nitrogens is 2. The molecule has 0 amide bonds. The number of halogens is 1.